The minimum atomic E-state index is -0.0788. The zero-order chi connectivity index (χ0) is 17.5. The fourth-order valence-corrected chi connectivity index (χ4v) is 3.38. The monoisotopic (exact) mass is 347 g/mol. The highest BCUT2D eigenvalue weighted by Gasteiger charge is 2.14. The summed E-state index contributed by atoms with van der Waals surface area (Å²) in [4.78, 5) is 23.9. The van der Waals surface area contributed by atoms with Gasteiger partial charge in [0.05, 0.1) is 10.8 Å². The van der Waals surface area contributed by atoms with E-state index in [1.54, 1.807) is 18.8 Å². The summed E-state index contributed by atoms with van der Waals surface area (Å²) in [6.07, 6.45) is 4.15. The lowest BCUT2D eigenvalue weighted by Crippen LogP contribution is -2.23. The summed E-state index contributed by atoms with van der Waals surface area (Å²) in [6, 6.07) is 7.74. The number of unbranched alkanes of at least 4 members (excludes halogenated alkanes) is 1. The van der Waals surface area contributed by atoms with Crippen molar-refractivity contribution in [3.8, 4) is 0 Å². The summed E-state index contributed by atoms with van der Waals surface area (Å²) >= 11 is 1.68. The molecule has 0 radical (unpaired) electrons. The number of carbonyl (C=O) groups is 2. The summed E-state index contributed by atoms with van der Waals surface area (Å²) in [5.74, 6) is 0.960. The summed E-state index contributed by atoms with van der Waals surface area (Å²) in [6.45, 7) is 4.34. The largest absolute Gasteiger partial charge is 0.358 e. The Morgan fingerprint density at radius 3 is 2.79 bits per heavy atom. The van der Waals surface area contributed by atoms with Gasteiger partial charge in [-0.15, -0.1) is 11.8 Å². The average molecular weight is 347 g/mol. The summed E-state index contributed by atoms with van der Waals surface area (Å²) < 4.78 is 1.88. The lowest BCUT2D eigenvalue weighted by Gasteiger charge is -2.12. The summed E-state index contributed by atoms with van der Waals surface area (Å²) in [7, 11) is 1.62. The fraction of sp³-hybridized carbons (Fsp3) is 0.444. The highest BCUT2D eigenvalue weighted by Crippen LogP contribution is 2.22. The molecule has 5 nitrogen and oxygen atoms in total. The van der Waals surface area contributed by atoms with Crippen LogP contribution in [0.1, 0.15) is 26.7 Å². The van der Waals surface area contributed by atoms with Crippen molar-refractivity contribution in [3.05, 3.63) is 30.5 Å². The quantitative estimate of drug-likeness (QED) is 0.721. The first-order chi connectivity index (χ1) is 11.5. The van der Waals surface area contributed by atoms with Gasteiger partial charge in [0.1, 0.15) is 6.54 Å². The Morgan fingerprint density at radius 2 is 2.08 bits per heavy atom. The minimum absolute atomic E-state index is 0.0138. The molecule has 2 aromatic rings. The molecule has 1 aromatic heterocycles. The van der Waals surface area contributed by atoms with E-state index in [0.717, 1.165) is 35.2 Å². The van der Waals surface area contributed by atoms with Crippen LogP contribution in [0.2, 0.25) is 0 Å². The second-order valence-corrected chi connectivity index (χ2v) is 7.19. The van der Waals surface area contributed by atoms with E-state index in [0.29, 0.717) is 0 Å². The number of hydrogen-bond acceptors (Lipinski definition) is 3. The van der Waals surface area contributed by atoms with E-state index in [4.69, 9.17) is 0 Å². The summed E-state index contributed by atoms with van der Waals surface area (Å²) in [5.41, 5.74) is 1.69. The highest BCUT2D eigenvalue weighted by atomic mass is 32.2. The van der Waals surface area contributed by atoms with Crippen molar-refractivity contribution < 1.29 is 9.59 Å². The molecule has 0 fully saturated rings. The van der Waals surface area contributed by atoms with Crippen LogP contribution in [0.4, 0.5) is 5.69 Å². The number of carbonyl (C=O) groups excluding carboxylic acids is 2. The van der Waals surface area contributed by atoms with Gasteiger partial charge in [-0.1, -0.05) is 19.4 Å². The molecular formula is C18H25N3O2S. The third-order valence-corrected chi connectivity index (χ3v) is 5.11. The van der Waals surface area contributed by atoms with Crippen LogP contribution in [0, 0.1) is 0 Å². The predicted octanol–water partition coefficient (Wildman–Crippen LogP) is 3.25. The van der Waals surface area contributed by atoms with Crippen molar-refractivity contribution in [3.63, 3.8) is 0 Å². The number of nitrogens with one attached hydrogen (secondary N) is 2. The zero-order valence-electron chi connectivity index (χ0n) is 14.5. The molecule has 0 saturated heterocycles. The Kier molecular flexibility index (Phi) is 6.73. The molecule has 1 aromatic carbocycles. The van der Waals surface area contributed by atoms with E-state index in [1.165, 1.54) is 0 Å². The molecule has 1 unspecified atom stereocenters. The van der Waals surface area contributed by atoms with E-state index >= 15 is 0 Å². The SMILES string of the molecule is CCCCSC(C)C(=O)Nc1ccc2ccn(CC(=O)NC)c2c1. The molecule has 0 spiro atoms. The molecule has 6 heteroatoms. The van der Waals surface area contributed by atoms with Crippen LogP contribution in [0.3, 0.4) is 0 Å². The molecule has 2 amide bonds. The van der Waals surface area contributed by atoms with Crippen LogP contribution >= 0.6 is 11.8 Å². The number of aromatic nitrogens is 1. The van der Waals surface area contributed by atoms with Crippen molar-refractivity contribution in [1.29, 1.82) is 0 Å². The van der Waals surface area contributed by atoms with Gasteiger partial charge in [-0.2, -0.15) is 0 Å². The molecule has 0 saturated carbocycles. The van der Waals surface area contributed by atoms with Gasteiger partial charge >= 0.3 is 0 Å². The van der Waals surface area contributed by atoms with Crippen LogP contribution in [0.25, 0.3) is 10.9 Å². The molecule has 0 aliphatic rings. The smallest absolute Gasteiger partial charge is 0.239 e. The van der Waals surface area contributed by atoms with Gasteiger partial charge in [0, 0.05) is 18.9 Å². The number of likely N-dealkylation sites (N-methyl/N-ethyl adjacent to an activating group) is 1. The lowest BCUT2D eigenvalue weighted by atomic mass is 10.2. The topological polar surface area (TPSA) is 63.1 Å². The molecular weight excluding hydrogens is 322 g/mol. The van der Waals surface area contributed by atoms with E-state index < -0.39 is 0 Å². The first-order valence-corrected chi connectivity index (χ1v) is 9.32. The minimum Gasteiger partial charge on any atom is -0.358 e. The molecule has 130 valence electrons. The van der Waals surface area contributed by atoms with E-state index in [-0.39, 0.29) is 23.6 Å². The van der Waals surface area contributed by atoms with Crippen molar-refractivity contribution in [2.24, 2.45) is 0 Å². The maximum Gasteiger partial charge on any atom is 0.239 e. The van der Waals surface area contributed by atoms with E-state index in [2.05, 4.69) is 17.6 Å². The van der Waals surface area contributed by atoms with E-state index in [9.17, 15) is 9.59 Å². The van der Waals surface area contributed by atoms with Gasteiger partial charge < -0.3 is 15.2 Å². The Bertz CT molecular complexity index is 711. The standard InChI is InChI=1S/C18H25N3O2S/c1-4-5-10-24-13(2)18(23)20-15-7-6-14-8-9-21(16(14)11-15)12-17(22)19-3/h6-9,11,13H,4-5,10,12H2,1-3H3,(H,19,22)(H,20,23). The average Bonchev–Trinajstić information content (AvgIpc) is 2.97. The van der Waals surface area contributed by atoms with Gasteiger partial charge in [0.2, 0.25) is 11.8 Å². The van der Waals surface area contributed by atoms with Gasteiger partial charge in [0.25, 0.3) is 0 Å². The van der Waals surface area contributed by atoms with Crippen LogP contribution < -0.4 is 10.6 Å². The van der Waals surface area contributed by atoms with Crippen LogP contribution in [0.15, 0.2) is 30.5 Å². The Balaban J connectivity index is 2.08. The Morgan fingerprint density at radius 1 is 1.29 bits per heavy atom. The van der Waals surface area contributed by atoms with Gasteiger partial charge in [0.15, 0.2) is 0 Å². The van der Waals surface area contributed by atoms with Crippen LogP contribution in [-0.2, 0) is 16.1 Å². The fourth-order valence-electron chi connectivity index (χ4n) is 2.36. The molecule has 2 rings (SSSR count). The molecule has 2 N–H and O–H groups in total. The molecule has 1 heterocycles. The van der Waals surface area contributed by atoms with Crippen LogP contribution in [-0.4, -0.2) is 34.4 Å². The third kappa shape index (κ3) is 4.77. The number of benzene rings is 1. The van der Waals surface area contributed by atoms with E-state index in [1.807, 2.05) is 42.0 Å². The number of nitrogens with zero attached hydrogens (tertiary/aromatic N) is 1. The van der Waals surface area contributed by atoms with Gasteiger partial charge in [-0.05, 0) is 42.7 Å². The van der Waals surface area contributed by atoms with Crippen molar-refractivity contribution in [2.75, 3.05) is 18.1 Å². The van der Waals surface area contributed by atoms with Gasteiger partial charge in [-0.3, -0.25) is 9.59 Å². The summed E-state index contributed by atoms with van der Waals surface area (Å²) in [5, 5.41) is 6.56. The maximum absolute atomic E-state index is 12.3. The Labute approximate surface area is 147 Å². The highest BCUT2D eigenvalue weighted by molar-refractivity contribution is 8.00. The Hall–Kier alpha value is -1.95. The number of amides is 2. The number of rotatable bonds is 8. The predicted molar refractivity (Wildman–Crippen MR) is 101 cm³/mol. The third-order valence-electron chi connectivity index (χ3n) is 3.87. The molecule has 24 heavy (non-hydrogen) atoms. The number of thioether (sulfide) groups is 1. The second-order valence-electron chi connectivity index (χ2n) is 5.75. The van der Waals surface area contributed by atoms with Gasteiger partial charge in [-0.25, -0.2) is 0 Å². The molecule has 0 aliphatic heterocycles. The maximum atomic E-state index is 12.3. The van der Waals surface area contributed by atoms with Crippen LogP contribution in [0.5, 0.6) is 0 Å². The van der Waals surface area contributed by atoms with Crippen molar-refractivity contribution in [1.82, 2.24) is 9.88 Å². The number of hydrogen-bond donors (Lipinski definition) is 2. The lowest BCUT2D eigenvalue weighted by molar-refractivity contribution is -0.121. The molecule has 0 aliphatic carbocycles. The zero-order valence-corrected chi connectivity index (χ0v) is 15.3. The number of anilines is 1. The molecule has 1 atom stereocenters. The van der Waals surface area contributed by atoms with Crippen molar-refractivity contribution >= 4 is 40.2 Å². The first-order valence-electron chi connectivity index (χ1n) is 8.27. The molecule has 0 bridgehead atoms. The van der Waals surface area contributed by atoms with Crippen molar-refractivity contribution in [2.45, 2.75) is 38.5 Å². The normalized spacial score (nSPS) is 12.1. The number of fused-ring (bicyclic) bond motifs is 1. The first kappa shape index (κ1) is 18.4. The second kappa shape index (κ2) is 8.78.